The van der Waals surface area contributed by atoms with Crippen molar-refractivity contribution in [3.8, 4) is 0 Å². The summed E-state index contributed by atoms with van der Waals surface area (Å²) in [5.74, 6) is 5.63. The third-order valence-electron chi connectivity index (χ3n) is 2.93. The lowest BCUT2D eigenvalue weighted by atomic mass is 10.0. The Hall–Kier alpha value is -1.36. The van der Waals surface area contributed by atoms with Crippen molar-refractivity contribution in [1.29, 1.82) is 0 Å². The van der Waals surface area contributed by atoms with Crippen molar-refractivity contribution >= 4 is 11.6 Å². The molecule has 0 bridgehead atoms. The highest BCUT2D eigenvalue weighted by atomic mass is 35.5. The zero-order chi connectivity index (χ0) is 12.4. The molecule has 0 saturated heterocycles. The molecule has 1 aromatic carbocycles. The zero-order valence-corrected chi connectivity index (χ0v) is 10.6. The predicted molar refractivity (Wildman–Crippen MR) is 68.6 cm³/mol. The highest BCUT2D eigenvalue weighted by Gasteiger charge is 2.17. The molecule has 0 amide bonds. The standard InChI is InChI=1S/C12H15ClN4/c1-8-11(7-15-17(8)2)12(16-14)9-4-3-5-10(13)6-9/h3-7,12,16H,14H2,1-2H3. The van der Waals surface area contributed by atoms with Crippen LogP contribution in [0.25, 0.3) is 0 Å². The van der Waals surface area contributed by atoms with Crippen LogP contribution in [0.15, 0.2) is 30.5 Å². The number of aromatic nitrogens is 2. The van der Waals surface area contributed by atoms with E-state index >= 15 is 0 Å². The summed E-state index contributed by atoms with van der Waals surface area (Å²) < 4.78 is 1.82. The van der Waals surface area contributed by atoms with Gasteiger partial charge in [-0.3, -0.25) is 10.5 Å². The Labute approximate surface area is 105 Å². The number of rotatable bonds is 3. The third-order valence-corrected chi connectivity index (χ3v) is 3.17. The van der Waals surface area contributed by atoms with Gasteiger partial charge < -0.3 is 0 Å². The second-order valence-electron chi connectivity index (χ2n) is 3.96. The SMILES string of the molecule is Cc1c(C(NN)c2cccc(Cl)c2)cnn1C. The van der Waals surface area contributed by atoms with Crippen molar-refractivity contribution < 1.29 is 0 Å². The second-order valence-corrected chi connectivity index (χ2v) is 4.40. The first-order chi connectivity index (χ1) is 8.13. The second kappa shape index (κ2) is 4.87. The molecule has 4 nitrogen and oxygen atoms in total. The summed E-state index contributed by atoms with van der Waals surface area (Å²) in [6, 6.07) is 7.55. The lowest BCUT2D eigenvalue weighted by Crippen LogP contribution is -2.29. The van der Waals surface area contributed by atoms with Crippen molar-refractivity contribution in [2.45, 2.75) is 13.0 Å². The van der Waals surface area contributed by atoms with E-state index in [2.05, 4.69) is 10.5 Å². The van der Waals surface area contributed by atoms with E-state index in [4.69, 9.17) is 17.4 Å². The van der Waals surface area contributed by atoms with Crippen LogP contribution in [0.3, 0.4) is 0 Å². The van der Waals surface area contributed by atoms with Crippen molar-refractivity contribution in [2.24, 2.45) is 12.9 Å². The van der Waals surface area contributed by atoms with Gasteiger partial charge in [-0.15, -0.1) is 0 Å². The van der Waals surface area contributed by atoms with E-state index in [9.17, 15) is 0 Å². The molecule has 0 aliphatic heterocycles. The van der Waals surface area contributed by atoms with Gasteiger partial charge in [-0.1, -0.05) is 23.7 Å². The number of nitrogens with one attached hydrogen (secondary N) is 1. The molecule has 90 valence electrons. The number of aryl methyl sites for hydroxylation is 1. The van der Waals surface area contributed by atoms with Gasteiger partial charge in [0.1, 0.15) is 0 Å². The molecule has 1 atom stereocenters. The van der Waals surface area contributed by atoms with E-state index in [1.165, 1.54) is 0 Å². The average molecular weight is 251 g/mol. The number of hydrogen-bond donors (Lipinski definition) is 2. The van der Waals surface area contributed by atoms with Gasteiger partial charge in [-0.05, 0) is 24.6 Å². The van der Waals surface area contributed by atoms with Gasteiger partial charge in [0.05, 0.1) is 12.2 Å². The maximum absolute atomic E-state index is 5.99. The Balaban J connectivity index is 2.44. The first-order valence-electron chi connectivity index (χ1n) is 5.33. The molecule has 2 rings (SSSR count). The molecule has 2 aromatic rings. The summed E-state index contributed by atoms with van der Waals surface area (Å²) in [5.41, 5.74) is 5.96. The normalized spacial score (nSPS) is 12.7. The minimum absolute atomic E-state index is 0.0950. The van der Waals surface area contributed by atoms with E-state index < -0.39 is 0 Å². The maximum Gasteiger partial charge on any atom is 0.0743 e. The molecular weight excluding hydrogens is 236 g/mol. The lowest BCUT2D eigenvalue weighted by Gasteiger charge is -2.16. The average Bonchev–Trinajstić information content (AvgIpc) is 2.63. The molecule has 0 aliphatic carbocycles. The molecule has 1 heterocycles. The van der Waals surface area contributed by atoms with Crippen molar-refractivity contribution in [3.63, 3.8) is 0 Å². The zero-order valence-electron chi connectivity index (χ0n) is 9.81. The van der Waals surface area contributed by atoms with E-state index in [0.29, 0.717) is 5.02 Å². The summed E-state index contributed by atoms with van der Waals surface area (Å²) in [4.78, 5) is 0. The molecule has 0 aliphatic rings. The van der Waals surface area contributed by atoms with Crippen LogP contribution >= 0.6 is 11.6 Å². The van der Waals surface area contributed by atoms with Crippen LogP contribution in [0.1, 0.15) is 22.9 Å². The molecule has 17 heavy (non-hydrogen) atoms. The fourth-order valence-corrected chi connectivity index (χ4v) is 2.05. The van der Waals surface area contributed by atoms with Crippen LogP contribution in [0, 0.1) is 6.92 Å². The quantitative estimate of drug-likeness (QED) is 0.647. The molecular formula is C12H15ClN4. The molecule has 1 aromatic heterocycles. The van der Waals surface area contributed by atoms with Crippen molar-refractivity contribution in [1.82, 2.24) is 15.2 Å². The number of hydrazine groups is 1. The Bertz CT molecular complexity index is 521. The number of halogens is 1. The van der Waals surface area contributed by atoms with E-state index in [1.807, 2.05) is 49.1 Å². The molecule has 3 N–H and O–H groups in total. The maximum atomic E-state index is 5.99. The molecule has 5 heteroatoms. The van der Waals surface area contributed by atoms with Crippen LogP contribution in [0.4, 0.5) is 0 Å². The number of benzene rings is 1. The van der Waals surface area contributed by atoms with E-state index in [0.717, 1.165) is 16.8 Å². The molecule has 0 saturated carbocycles. The molecule has 1 unspecified atom stereocenters. The smallest absolute Gasteiger partial charge is 0.0743 e. The van der Waals surface area contributed by atoms with Crippen molar-refractivity contribution in [3.05, 3.63) is 52.3 Å². The Morgan fingerprint density at radius 1 is 1.47 bits per heavy atom. The highest BCUT2D eigenvalue weighted by molar-refractivity contribution is 6.30. The fourth-order valence-electron chi connectivity index (χ4n) is 1.85. The van der Waals surface area contributed by atoms with Crippen LogP contribution in [-0.4, -0.2) is 9.78 Å². The lowest BCUT2D eigenvalue weighted by molar-refractivity contribution is 0.630. The van der Waals surface area contributed by atoms with Gasteiger partial charge in [0.2, 0.25) is 0 Å². The van der Waals surface area contributed by atoms with Crippen LogP contribution in [-0.2, 0) is 7.05 Å². The topological polar surface area (TPSA) is 55.9 Å². The highest BCUT2D eigenvalue weighted by Crippen LogP contribution is 2.25. The van der Waals surface area contributed by atoms with Crippen LogP contribution in [0.5, 0.6) is 0 Å². The summed E-state index contributed by atoms with van der Waals surface area (Å²) in [5, 5.41) is 4.92. The first kappa shape index (κ1) is 12.1. The van der Waals surface area contributed by atoms with Crippen molar-refractivity contribution in [2.75, 3.05) is 0 Å². The third kappa shape index (κ3) is 2.34. The van der Waals surface area contributed by atoms with Gasteiger partial charge in [0, 0.05) is 23.3 Å². The Morgan fingerprint density at radius 2 is 2.24 bits per heavy atom. The summed E-state index contributed by atoms with van der Waals surface area (Å²) in [7, 11) is 1.91. The van der Waals surface area contributed by atoms with Gasteiger partial charge in [-0.25, -0.2) is 5.43 Å². The number of nitrogens with zero attached hydrogens (tertiary/aromatic N) is 2. The summed E-state index contributed by atoms with van der Waals surface area (Å²) in [6.07, 6.45) is 1.82. The number of nitrogens with two attached hydrogens (primary N) is 1. The predicted octanol–water partition coefficient (Wildman–Crippen LogP) is 1.93. The molecule has 0 radical (unpaired) electrons. The number of hydrogen-bond acceptors (Lipinski definition) is 3. The van der Waals surface area contributed by atoms with E-state index in [-0.39, 0.29) is 6.04 Å². The van der Waals surface area contributed by atoms with Crippen LogP contribution < -0.4 is 11.3 Å². The van der Waals surface area contributed by atoms with Gasteiger partial charge in [0.15, 0.2) is 0 Å². The fraction of sp³-hybridized carbons (Fsp3) is 0.250. The summed E-state index contributed by atoms with van der Waals surface area (Å²) in [6.45, 7) is 2.01. The van der Waals surface area contributed by atoms with Gasteiger partial charge >= 0.3 is 0 Å². The summed E-state index contributed by atoms with van der Waals surface area (Å²) >= 11 is 5.99. The minimum Gasteiger partial charge on any atom is -0.273 e. The van der Waals surface area contributed by atoms with Gasteiger partial charge in [-0.2, -0.15) is 5.10 Å². The Morgan fingerprint density at radius 3 is 2.76 bits per heavy atom. The Kier molecular flexibility index (Phi) is 3.47. The largest absolute Gasteiger partial charge is 0.273 e. The van der Waals surface area contributed by atoms with Gasteiger partial charge in [0.25, 0.3) is 0 Å². The molecule has 0 spiro atoms. The molecule has 0 fully saturated rings. The van der Waals surface area contributed by atoms with E-state index in [1.54, 1.807) is 0 Å². The first-order valence-corrected chi connectivity index (χ1v) is 5.71. The minimum atomic E-state index is -0.0950. The van der Waals surface area contributed by atoms with Crippen LogP contribution in [0.2, 0.25) is 5.02 Å². The monoisotopic (exact) mass is 250 g/mol.